The molecule has 0 radical (unpaired) electrons. The highest BCUT2D eigenvalue weighted by molar-refractivity contribution is 7.89. The highest BCUT2D eigenvalue weighted by atomic mass is 32.2. The quantitative estimate of drug-likeness (QED) is 0.860. The van der Waals surface area contributed by atoms with Gasteiger partial charge in [-0.05, 0) is 19.1 Å². The van der Waals surface area contributed by atoms with Gasteiger partial charge in [0.2, 0.25) is 10.0 Å². The molecule has 22 heavy (non-hydrogen) atoms. The lowest BCUT2D eigenvalue weighted by Crippen LogP contribution is -2.38. The lowest BCUT2D eigenvalue weighted by molar-refractivity contribution is 0.132. The summed E-state index contributed by atoms with van der Waals surface area (Å²) >= 11 is 0. The Balaban J connectivity index is 1.89. The largest absolute Gasteiger partial charge is 0.308 e. The van der Waals surface area contributed by atoms with Crippen molar-refractivity contribution in [1.82, 2.24) is 19.1 Å². The number of halogens is 2. The second-order valence-corrected chi connectivity index (χ2v) is 7.02. The van der Waals surface area contributed by atoms with Crippen molar-refractivity contribution in [3.63, 3.8) is 0 Å². The number of alkyl halides is 2. The maximum absolute atomic E-state index is 12.8. The van der Waals surface area contributed by atoms with Gasteiger partial charge in [-0.2, -0.15) is 4.31 Å². The summed E-state index contributed by atoms with van der Waals surface area (Å²) in [4.78, 5) is 0.181. The summed E-state index contributed by atoms with van der Waals surface area (Å²) in [7, 11) is -3.67. The molecule has 0 spiro atoms. The molecule has 118 valence electrons. The number of rotatable bonds is 3. The number of hydrogen-bond acceptors (Lipinski definition) is 4. The molecule has 3 rings (SSSR count). The van der Waals surface area contributed by atoms with Crippen LogP contribution in [-0.2, 0) is 23.1 Å². The highest BCUT2D eigenvalue weighted by Crippen LogP contribution is 2.24. The summed E-state index contributed by atoms with van der Waals surface area (Å²) in [5.41, 5.74) is 0.957. The number of sulfonamides is 1. The first-order chi connectivity index (χ1) is 10.4. The van der Waals surface area contributed by atoms with Crippen LogP contribution in [0, 0.1) is 6.92 Å². The van der Waals surface area contributed by atoms with E-state index in [-0.39, 0.29) is 30.4 Å². The molecule has 0 unspecified atom stereocenters. The Morgan fingerprint density at radius 3 is 2.45 bits per heavy atom. The molecule has 1 aromatic carbocycles. The Morgan fingerprint density at radius 2 is 1.82 bits per heavy atom. The van der Waals surface area contributed by atoms with Crippen LogP contribution in [0.15, 0.2) is 29.2 Å². The Hall–Kier alpha value is -1.87. The maximum atomic E-state index is 12.8. The van der Waals surface area contributed by atoms with Gasteiger partial charge in [-0.3, -0.25) is 0 Å². The third kappa shape index (κ3) is 2.50. The van der Waals surface area contributed by atoms with Crippen LogP contribution in [0.2, 0.25) is 0 Å². The van der Waals surface area contributed by atoms with E-state index in [0.29, 0.717) is 0 Å². The van der Waals surface area contributed by atoms with Gasteiger partial charge in [0, 0.05) is 13.1 Å². The van der Waals surface area contributed by atoms with Crippen LogP contribution < -0.4 is 0 Å². The minimum Gasteiger partial charge on any atom is -0.308 e. The summed E-state index contributed by atoms with van der Waals surface area (Å²) in [6.07, 6.45) is -2.72. The van der Waals surface area contributed by atoms with Crippen molar-refractivity contribution in [3.8, 4) is 0 Å². The normalized spacial score (nSPS) is 16.0. The fraction of sp³-hybridized carbons (Fsp3) is 0.385. The lowest BCUT2D eigenvalue weighted by Gasteiger charge is -2.27. The van der Waals surface area contributed by atoms with Gasteiger partial charge in [-0.25, -0.2) is 17.2 Å². The van der Waals surface area contributed by atoms with Crippen molar-refractivity contribution in [3.05, 3.63) is 41.5 Å². The highest BCUT2D eigenvalue weighted by Gasteiger charge is 2.32. The number of hydrogen-bond donors (Lipinski definition) is 0. The number of benzene rings is 1. The van der Waals surface area contributed by atoms with E-state index in [1.807, 2.05) is 6.92 Å². The van der Waals surface area contributed by atoms with E-state index in [4.69, 9.17) is 0 Å². The van der Waals surface area contributed by atoms with Gasteiger partial charge in [-0.15, -0.1) is 10.2 Å². The number of fused-ring (bicyclic) bond motifs is 1. The van der Waals surface area contributed by atoms with Crippen LogP contribution in [-0.4, -0.2) is 34.0 Å². The van der Waals surface area contributed by atoms with E-state index >= 15 is 0 Å². The zero-order valence-corrected chi connectivity index (χ0v) is 12.6. The Labute approximate surface area is 126 Å². The Morgan fingerprint density at radius 1 is 1.14 bits per heavy atom. The molecule has 1 aromatic heterocycles. The van der Waals surface area contributed by atoms with Gasteiger partial charge in [0.15, 0.2) is 5.82 Å². The minimum absolute atomic E-state index is 0.0596. The molecular formula is C13H14F2N4O2S. The van der Waals surface area contributed by atoms with E-state index in [1.54, 1.807) is 12.1 Å². The number of aryl methyl sites for hydroxylation is 1. The van der Waals surface area contributed by atoms with Crippen molar-refractivity contribution < 1.29 is 17.2 Å². The average molecular weight is 328 g/mol. The molecule has 0 fully saturated rings. The Kier molecular flexibility index (Phi) is 3.69. The standard InChI is InChI=1S/C13H14F2N4O2S/c1-9-2-4-10(5-3-9)22(20,21)18-6-7-19-11(8-18)16-17-13(19)12(14)15/h2-5,12H,6-8H2,1H3. The predicted octanol–water partition coefficient (Wildman–Crippen LogP) is 1.73. The summed E-state index contributed by atoms with van der Waals surface area (Å²) in [5.74, 6) is -0.181. The molecule has 0 atom stereocenters. The zero-order valence-electron chi connectivity index (χ0n) is 11.8. The maximum Gasteiger partial charge on any atom is 0.297 e. The predicted molar refractivity (Wildman–Crippen MR) is 73.8 cm³/mol. The molecule has 0 N–H and O–H groups in total. The molecule has 2 heterocycles. The summed E-state index contributed by atoms with van der Waals surface area (Å²) < 4.78 is 53.2. The molecule has 0 saturated carbocycles. The van der Waals surface area contributed by atoms with Crippen molar-refractivity contribution in [1.29, 1.82) is 0 Å². The van der Waals surface area contributed by atoms with Crippen LogP contribution >= 0.6 is 0 Å². The molecule has 2 aromatic rings. The van der Waals surface area contributed by atoms with E-state index in [0.717, 1.165) is 5.56 Å². The van der Waals surface area contributed by atoms with E-state index in [1.165, 1.54) is 21.0 Å². The third-order valence-electron chi connectivity index (χ3n) is 3.60. The van der Waals surface area contributed by atoms with Gasteiger partial charge in [-0.1, -0.05) is 17.7 Å². The lowest BCUT2D eigenvalue weighted by atomic mass is 10.2. The number of nitrogens with zero attached hydrogens (tertiary/aromatic N) is 4. The first-order valence-corrected chi connectivity index (χ1v) is 8.10. The van der Waals surface area contributed by atoms with E-state index in [9.17, 15) is 17.2 Å². The fourth-order valence-electron chi connectivity index (χ4n) is 2.38. The number of aromatic nitrogens is 3. The van der Waals surface area contributed by atoms with Crippen LogP contribution in [0.25, 0.3) is 0 Å². The molecule has 6 nitrogen and oxygen atoms in total. The van der Waals surface area contributed by atoms with E-state index in [2.05, 4.69) is 10.2 Å². The molecular weight excluding hydrogens is 314 g/mol. The summed E-state index contributed by atoms with van der Waals surface area (Å²) in [6.45, 7) is 2.04. The topological polar surface area (TPSA) is 68.1 Å². The van der Waals surface area contributed by atoms with Gasteiger partial charge in [0.25, 0.3) is 6.43 Å². The van der Waals surface area contributed by atoms with Crippen LogP contribution in [0.3, 0.4) is 0 Å². The van der Waals surface area contributed by atoms with Gasteiger partial charge >= 0.3 is 0 Å². The average Bonchev–Trinajstić information content (AvgIpc) is 2.90. The molecule has 9 heteroatoms. The summed E-state index contributed by atoms with van der Waals surface area (Å²) in [5, 5.41) is 7.12. The molecule has 0 bridgehead atoms. The van der Waals surface area contributed by atoms with Crippen LogP contribution in [0.5, 0.6) is 0 Å². The van der Waals surface area contributed by atoms with Gasteiger partial charge in [0.05, 0.1) is 11.4 Å². The van der Waals surface area contributed by atoms with Gasteiger partial charge in [0.1, 0.15) is 5.82 Å². The molecule has 0 saturated heterocycles. The summed E-state index contributed by atoms with van der Waals surface area (Å²) in [6, 6.07) is 6.51. The molecule has 1 aliphatic rings. The minimum atomic E-state index is -3.67. The molecule has 0 amide bonds. The molecule has 0 aliphatic carbocycles. The smallest absolute Gasteiger partial charge is 0.297 e. The second kappa shape index (κ2) is 5.40. The van der Waals surface area contributed by atoms with Crippen LogP contribution in [0.1, 0.15) is 23.6 Å². The van der Waals surface area contributed by atoms with Crippen LogP contribution in [0.4, 0.5) is 8.78 Å². The van der Waals surface area contributed by atoms with Gasteiger partial charge < -0.3 is 4.57 Å². The fourth-order valence-corrected chi connectivity index (χ4v) is 3.77. The third-order valence-corrected chi connectivity index (χ3v) is 5.46. The van der Waals surface area contributed by atoms with E-state index < -0.39 is 22.3 Å². The van der Waals surface area contributed by atoms with Crippen molar-refractivity contribution in [2.24, 2.45) is 0 Å². The zero-order chi connectivity index (χ0) is 15.9. The molecule has 1 aliphatic heterocycles. The van der Waals surface area contributed by atoms with Crippen molar-refractivity contribution in [2.75, 3.05) is 6.54 Å². The SMILES string of the molecule is Cc1ccc(S(=O)(=O)N2CCn3c(nnc3C(F)F)C2)cc1. The first kappa shape index (κ1) is 15.0. The van der Waals surface area contributed by atoms with Crippen molar-refractivity contribution >= 4 is 10.0 Å². The second-order valence-electron chi connectivity index (χ2n) is 5.08. The Bertz CT molecular complexity index is 787. The first-order valence-electron chi connectivity index (χ1n) is 6.66. The van der Waals surface area contributed by atoms with Crippen molar-refractivity contribution in [2.45, 2.75) is 31.3 Å². The monoisotopic (exact) mass is 328 g/mol.